The first-order valence-electron chi connectivity index (χ1n) is 4.57. The SMILES string of the molecule is NC(=O)ONC1CCc2ccccc21. The quantitative estimate of drug-likeness (QED) is 0.693. The zero-order chi connectivity index (χ0) is 9.97. The van der Waals surface area contributed by atoms with Crippen molar-refractivity contribution < 1.29 is 9.63 Å². The van der Waals surface area contributed by atoms with E-state index in [2.05, 4.69) is 16.4 Å². The lowest BCUT2D eigenvalue weighted by atomic mass is 10.1. The molecule has 1 aromatic carbocycles. The fourth-order valence-electron chi connectivity index (χ4n) is 1.81. The van der Waals surface area contributed by atoms with Gasteiger partial charge in [-0.2, -0.15) is 0 Å². The second-order valence-electron chi connectivity index (χ2n) is 3.33. The number of rotatable bonds is 2. The summed E-state index contributed by atoms with van der Waals surface area (Å²) < 4.78 is 0. The Bertz CT molecular complexity index is 352. The predicted molar refractivity (Wildman–Crippen MR) is 51.3 cm³/mol. The van der Waals surface area contributed by atoms with Crippen LogP contribution in [-0.2, 0) is 11.3 Å². The summed E-state index contributed by atoms with van der Waals surface area (Å²) in [5.74, 6) is 0. The third-order valence-electron chi connectivity index (χ3n) is 2.43. The van der Waals surface area contributed by atoms with Crippen molar-refractivity contribution >= 4 is 6.09 Å². The molecule has 0 radical (unpaired) electrons. The van der Waals surface area contributed by atoms with E-state index >= 15 is 0 Å². The first-order chi connectivity index (χ1) is 6.77. The molecule has 0 saturated carbocycles. The summed E-state index contributed by atoms with van der Waals surface area (Å²) in [6.45, 7) is 0. The van der Waals surface area contributed by atoms with Crippen molar-refractivity contribution in [3.8, 4) is 0 Å². The number of hydrogen-bond donors (Lipinski definition) is 2. The van der Waals surface area contributed by atoms with Crippen LogP contribution in [-0.4, -0.2) is 6.09 Å². The summed E-state index contributed by atoms with van der Waals surface area (Å²) in [6, 6.07) is 8.18. The highest BCUT2D eigenvalue weighted by Crippen LogP contribution is 2.30. The highest BCUT2D eigenvalue weighted by molar-refractivity contribution is 5.64. The summed E-state index contributed by atoms with van der Waals surface area (Å²) in [4.78, 5) is 15.0. The summed E-state index contributed by atoms with van der Waals surface area (Å²) in [7, 11) is 0. The molecule has 74 valence electrons. The molecule has 1 amide bonds. The molecule has 1 aliphatic carbocycles. The largest absolute Gasteiger partial charge is 0.423 e. The van der Waals surface area contributed by atoms with Gasteiger partial charge in [0.15, 0.2) is 0 Å². The number of carbonyl (C=O) groups excluding carboxylic acids is 1. The number of hydrogen-bond acceptors (Lipinski definition) is 3. The van der Waals surface area contributed by atoms with E-state index in [1.165, 1.54) is 11.1 Å². The number of nitrogens with one attached hydrogen (secondary N) is 1. The fraction of sp³-hybridized carbons (Fsp3) is 0.300. The van der Waals surface area contributed by atoms with Crippen LogP contribution in [0.25, 0.3) is 0 Å². The average molecular weight is 192 g/mol. The summed E-state index contributed by atoms with van der Waals surface area (Å²) in [5, 5.41) is 0. The topological polar surface area (TPSA) is 64.4 Å². The molecule has 0 saturated heterocycles. The smallest absolute Gasteiger partial charge is 0.353 e. The minimum atomic E-state index is -0.797. The number of aryl methyl sites for hydroxylation is 1. The first kappa shape index (κ1) is 9.02. The normalized spacial score (nSPS) is 19.0. The Morgan fingerprint density at radius 1 is 1.50 bits per heavy atom. The van der Waals surface area contributed by atoms with Gasteiger partial charge in [0.25, 0.3) is 0 Å². The van der Waals surface area contributed by atoms with Gasteiger partial charge < -0.3 is 10.6 Å². The third kappa shape index (κ3) is 1.70. The van der Waals surface area contributed by atoms with Crippen molar-refractivity contribution in [3.63, 3.8) is 0 Å². The van der Waals surface area contributed by atoms with E-state index in [-0.39, 0.29) is 6.04 Å². The molecule has 3 N–H and O–H groups in total. The number of carbonyl (C=O) groups is 1. The number of nitrogens with two attached hydrogens (primary N) is 1. The van der Waals surface area contributed by atoms with Crippen LogP contribution >= 0.6 is 0 Å². The standard InChI is InChI=1S/C10H12N2O2/c11-10(13)14-12-9-6-5-7-3-1-2-4-8(7)9/h1-4,9,12H,5-6H2,(H2,11,13). The molecule has 0 fully saturated rings. The van der Waals surface area contributed by atoms with Gasteiger partial charge in [-0.1, -0.05) is 24.3 Å². The number of hydroxylamine groups is 1. The van der Waals surface area contributed by atoms with Crippen molar-refractivity contribution in [2.45, 2.75) is 18.9 Å². The third-order valence-corrected chi connectivity index (χ3v) is 2.43. The van der Waals surface area contributed by atoms with Crippen LogP contribution in [0, 0.1) is 0 Å². The summed E-state index contributed by atoms with van der Waals surface area (Å²) >= 11 is 0. The average Bonchev–Trinajstić information content (AvgIpc) is 2.58. The molecular formula is C10H12N2O2. The molecule has 0 heterocycles. The minimum Gasteiger partial charge on any atom is -0.353 e. The highest BCUT2D eigenvalue weighted by Gasteiger charge is 2.22. The van der Waals surface area contributed by atoms with Gasteiger partial charge in [-0.15, -0.1) is 5.48 Å². The molecule has 1 atom stereocenters. The second kappa shape index (κ2) is 3.67. The molecule has 0 aliphatic heterocycles. The van der Waals surface area contributed by atoms with E-state index in [1.807, 2.05) is 18.2 Å². The van der Waals surface area contributed by atoms with Crippen molar-refractivity contribution in [1.29, 1.82) is 0 Å². The van der Waals surface area contributed by atoms with Gasteiger partial charge in [0.2, 0.25) is 0 Å². The minimum absolute atomic E-state index is 0.0821. The predicted octanol–water partition coefficient (Wildman–Crippen LogP) is 1.27. The molecule has 0 bridgehead atoms. The Kier molecular flexibility index (Phi) is 2.37. The Labute approximate surface area is 82.0 Å². The highest BCUT2D eigenvalue weighted by atomic mass is 16.7. The van der Waals surface area contributed by atoms with Crippen LogP contribution in [0.1, 0.15) is 23.6 Å². The Hall–Kier alpha value is -1.55. The lowest BCUT2D eigenvalue weighted by Crippen LogP contribution is -2.27. The molecule has 1 aliphatic rings. The van der Waals surface area contributed by atoms with Crippen LogP contribution in [0.15, 0.2) is 24.3 Å². The van der Waals surface area contributed by atoms with E-state index < -0.39 is 6.09 Å². The maximum atomic E-state index is 10.4. The monoisotopic (exact) mass is 192 g/mol. The zero-order valence-corrected chi connectivity index (χ0v) is 7.69. The maximum absolute atomic E-state index is 10.4. The van der Waals surface area contributed by atoms with Gasteiger partial charge in [-0.05, 0) is 24.0 Å². The molecular weight excluding hydrogens is 180 g/mol. The maximum Gasteiger partial charge on any atom is 0.423 e. The molecule has 4 nitrogen and oxygen atoms in total. The van der Waals surface area contributed by atoms with Gasteiger partial charge in [0.1, 0.15) is 0 Å². The Morgan fingerprint density at radius 3 is 3.07 bits per heavy atom. The second-order valence-corrected chi connectivity index (χ2v) is 3.33. The molecule has 0 spiro atoms. The first-order valence-corrected chi connectivity index (χ1v) is 4.57. The summed E-state index contributed by atoms with van der Waals surface area (Å²) in [6.07, 6.45) is 1.15. The van der Waals surface area contributed by atoms with Crippen molar-refractivity contribution in [2.24, 2.45) is 5.73 Å². The van der Waals surface area contributed by atoms with Gasteiger partial charge in [-0.3, -0.25) is 0 Å². The van der Waals surface area contributed by atoms with Crippen molar-refractivity contribution in [3.05, 3.63) is 35.4 Å². The molecule has 1 unspecified atom stereocenters. The number of benzene rings is 1. The van der Waals surface area contributed by atoms with Crippen LogP contribution in [0.2, 0.25) is 0 Å². The van der Waals surface area contributed by atoms with Crippen LogP contribution in [0.4, 0.5) is 4.79 Å². The van der Waals surface area contributed by atoms with Gasteiger partial charge in [0, 0.05) is 0 Å². The lowest BCUT2D eigenvalue weighted by molar-refractivity contribution is 0.0762. The number of primary amides is 1. The Morgan fingerprint density at radius 2 is 2.29 bits per heavy atom. The van der Waals surface area contributed by atoms with E-state index in [0.29, 0.717) is 0 Å². The van der Waals surface area contributed by atoms with Gasteiger partial charge >= 0.3 is 6.09 Å². The fourth-order valence-corrected chi connectivity index (χ4v) is 1.81. The van der Waals surface area contributed by atoms with Crippen molar-refractivity contribution in [1.82, 2.24) is 5.48 Å². The number of amides is 1. The van der Waals surface area contributed by atoms with Crippen LogP contribution < -0.4 is 11.2 Å². The lowest BCUT2D eigenvalue weighted by Gasteiger charge is -2.11. The molecule has 2 rings (SSSR count). The van der Waals surface area contributed by atoms with E-state index in [1.54, 1.807) is 0 Å². The summed E-state index contributed by atoms with van der Waals surface area (Å²) in [5.41, 5.74) is 10.0. The van der Waals surface area contributed by atoms with Gasteiger partial charge in [-0.25, -0.2) is 4.79 Å². The molecule has 0 aromatic heterocycles. The van der Waals surface area contributed by atoms with Crippen LogP contribution in [0.5, 0.6) is 0 Å². The number of fused-ring (bicyclic) bond motifs is 1. The van der Waals surface area contributed by atoms with E-state index in [9.17, 15) is 4.79 Å². The van der Waals surface area contributed by atoms with E-state index in [0.717, 1.165) is 12.8 Å². The van der Waals surface area contributed by atoms with E-state index in [4.69, 9.17) is 5.73 Å². The molecule has 14 heavy (non-hydrogen) atoms. The molecule has 4 heteroatoms. The zero-order valence-electron chi connectivity index (χ0n) is 7.69. The Balaban J connectivity index is 2.07. The molecule has 1 aromatic rings. The van der Waals surface area contributed by atoms with Crippen LogP contribution in [0.3, 0.4) is 0 Å². The van der Waals surface area contributed by atoms with Gasteiger partial charge in [0.05, 0.1) is 6.04 Å². The van der Waals surface area contributed by atoms with Crippen molar-refractivity contribution in [2.75, 3.05) is 0 Å².